The van der Waals surface area contributed by atoms with Gasteiger partial charge in [0.25, 0.3) is 0 Å². The van der Waals surface area contributed by atoms with Gasteiger partial charge in [0.05, 0.1) is 6.54 Å². The van der Waals surface area contributed by atoms with E-state index in [0.717, 1.165) is 9.88 Å². The minimum Gasteiger partial charge on any atom is -0.481 e. The topological polar surface area (TPSA) is 79.3 Å². The van der Waals surface area contributed by atoms with Crippen molar-refractivity contribution in [3.8, 4) is 0 Å². The van der Waals surface area contributed by atoms with Crippen LogP contribution >= 0.6 is 11.3 Å². The Morgan fingerprint density at radius 2 is 2.24 bits per heavy atom. The van der Waals surface area contributed by atoms with Gasteiger partial charge in [-0.1, -0.05) is 6.92 Å². The second-order valence-electron chi connectivity index (χ2n) is 4.05. The van der Waals surface area contributed by atoms with E-state index in [9.17, 15) is 9.59 Å². The second-order valence-corrected chi connectivity index (χ2v) is 5.37. The highest BCUT2D eigenvalue weighted by Gasteiger charge is 2.12. The van der Waals surface area contributed by atoms with Crippen molar-refractivity contribution in [2.45, 2.75) is 33.2 Å². The lowest BCUT2D eigenvalue weighted by Gasteiger charge is -2.08. The molecule has 1 unspecified atom stereocenters. The first kappa shape index (κ1) is 13.6. The number of carboxylic acids is 1. The van der Waals surface area contributed by atoms with Crippen molar-refractivity contribution in [2.24, 2.45) is 5.92 Å². The molecule has 1 amide bonds. The van der Waals surface area contributed by atoms with Gasteiger partial charge in [-0.25, -0.2) is 4.98 Å². The first-order valence-corrected chi connectivity index (χ1v) is 6.19. The number of carbonyl (C=O) groups excluding carboxylic acids is 1. The lowest BCUT2D eigenvalue weighted by molar-refractivity contribution is -0.138. The van der Waals surface area contributed by atoms with Crippen molar-refractivity contribution in [3.63, 3.8) is 0 Å². The maximum absolute atomic E-state index is 11.5. The summed E-state index contributed by atoms with van der Waals surface area (Å²) in [5.74, 6) is -1.15. The van der Waals surface area contributed by atoms with E-state index >= 15 is 0 Å². The van der Waals surface area contributed by atoms with Crippen LogP contribution in [0.15, 0.2) is 6.20 Å². The number of thiazole rings is 1. The van der Waals surface area contributed by atoms with E-state index in [2.05, 4.69) is 10.3 Å². The zero-order valence-corrected chi connectivity index (χ0v) is 10.7. The Labute approximate surface area is 104 Å². The molecule has 0 fully saturated rings. The third-order valence-corrected chi connectivity index (χ3v) is 3.08. The molecular weight excluding hydrogens is 240 g/mol. The van der Waals surface area contributed by atoms with Crippen LogP contribution in [0.25, 0.3) is 0 Å². The monoisotopic (exact) mass is 256 g/mol. The Hall–Kier alpha value is -1.43. The average molecular weight is 256 g/mol. The summed E-state index contributed by atoms with van der Waals surface area (Å²) in [5, 5.41) is 12.2. The van der Waals surface area contributed by atoms with Gasteiger partial charge in [0.1, 0.15) is 5.01 Å². The molecule has 0 aliphatic heterocycles. The third-order valence-electron chi connectivity index (χ3n) is 2.16. The summed E-state index contributed by atoms with van der Waals surface area (Å²) in [7, 11) is 0. The van der Waals surface area contributed by atoms with Gasteiger partial charge < -0.3 is 10.4 Å². The van der Waals surface area contributed by atoms with Gasteiger partial charge in [0.15, 0.2) is 0 Å². The number of carboxylic acid groups (broad SMARTS) is 1. The van der Waals surface area contributed by atoms with Gasteiger partial charge in [-0.2, -0.15) is 0 Å². The molecule has 0 spiro atoms. The number of aromatic nitrogens is 1. The van der Waals surface area contributed by atoms with E-state index in [4.69, 9.17) is 5.11 Å². The van der Waals surface area contributed by atoms with E-state index in [1.807, 2.05) is 6.92 Å². The fourth-order valence-electron chi connectivity index (χ4n) is 1.42. The third kappa shape index (κ3) is 5.44. The predicted octanol–water partition coefficient (Wildman–Crippen LogP) is 1.57. The Bertz CT molecular complexity index is 403. The van der Waals surface area contributed by atoms with E-state index in [1.54, 1.807) is 13.1 Å². The van der Waals surface area contributed by atoms with Crippen molar-refractivity contribution in [1.82, 2.24) is 10.3 Å². The quantitative estimate of drug-likeness (QED) is 0.809. The molecule has 1 heterocycles. The summed E-state index contributed by atoms with van der Waals surface area (Å²) in [5.41, 5.74) is 0. The van der Waals surface area contributed by atoms with Gasteiger partial charge in [-0.3, -0.25) is 9.59 Å². The van der Waals surface area contributed by atoms with Crippen LogP contribution in [0.1, 0.15) is 29.7 Å². The summed E-state index contributed by atoms with van der Waals surface area (Å²) in [6.07, 6.45) is 2.01. The number of rotatable bonds is 6. The van der Waals surface area contributed by atoms with Crippen molar-refractivity contribution >= 4 is 23.2 Å². The summed E-state index contributed by atoms with van der Waals surface area (Å²) < 4.78 is 0. The Balaban J connectivity index is 2.28. The molecule has 17 heavy (non-hydrogen) atoms. The van der Waals surface area contributed by atoms with E-state index in [0.29, 0.717) is 6.54 Å². The summed E-state index contributed by atoms with van der Waals surface area (Å²) >= 11 is 1.54. The molecule has 0 aromatic carbocycles. The van der Waals surface area contributed by atoms with Crippen LogP contribution in [0.3, 0.4) is 0 Å². The van der Waals surface area contributed by atoms with Crippen LogP contribution in [0.5, 0.6) is 0 Å². The van der Waals surface area contributed by atoms with Crippen LogP contribution in [0.2, 0.25) is 0 Å². The zero-order chi connectivity index (χ0) is 12.8. The summed E-state index contributed by atoms with van der Waals surface area (Å²) in [6.45, 7) is 4.12. The first-order chi connectivity index (χ1) is 7.97. The number of hydrogen-bond acceptors (Lipinski definition) is 4. The molecule has 1 aromatic rings. The van der Waals surface area contributed by atoms with E-state index < -0.39 is 5.97 Å². The smallest absolute Gasteiger partial charge is 0.303 e. The lowest BCUT2D eigenvalue weighted by Crippen LogP contribution is -2.25. The van der Waals surface area contributed by atoms with Gasteiger partial charge in [-0.15, -0.1) is 11.3 Å². The molecule has 1 aromatic heterocycles. The maximum atomic E-state index is 11.5. The fraction of sp³-hybridized carbons (Fsp3) is 0.545. The van der Waals surface area contributed by atoms with Gasteiger partial charge in [0.2, 0.25) is 5.91 Å². The number of aliphatic carboxylic acids is 1. The van der Waals surface area contributed by atoms with Crippen LogP contribution in [0.4, 0.5) is 0 Å². The Morgan fingerprint density at radius 1 is 1.53 bits per heavy atom. The van der Waals surface area contributed by atoms with Crippen molar-refractivity contribution in [2.75, 3.05) is 0 Å². The lowest BCUT2D eigenvalue weighted by atomic mass is 10.0. The maximum Gasteiger partial charge on any atom is 0.303 e. The number of nitrogens with one attached hydrogen (secondary N) is 1. The van der Waals surface area contributed by atoms with Crippen LogP contribution in [-0.4, -0.2) is 22.0 Å². The van der Waals surface area contributed by atoms with E-state index in [1.165, 1.54) is 11.3 Å². The van der Waals surface area contributed by atoms with Gasteiger partial charge >= 0.3 is 5.97 Å². The highest BCUT2D eigenvalue weighted by atomic mass is 32.1. The number of hydrogen-bond donors (Lipinski definition) is 2. The second kappa shape index (κ2) is 6.34. The molecule has 0 aliphatic rings. The highest BCUT2D eigenvalue weighted by Crippen LogP contribution is 2.11. The molecule has 6 heteroatoms. The molecule has 0 saturated carbocycles. The average Bonchev–Trinajstić information content (AvgIpc) is 2.59. The largest absolute Gasteiger partial charge is 0.481 e. The molecule has 1 rings (SSSR count). The first-order valence-electron chi connectivity index (χ1n) is 5.37. The molecule has 94 valence electrons. The molecule has 1 atom stereocenters. The Kier molecular flexibility index (Phi) is 5.09. The minimum absolute atomic E-state index is 0.0176. The molecular formula is C11H16N2O3S. The van der Waals surface area contributed by atoms with Gasteiger partial charge in [0, 0.05) is 23.9 Å². The van der Waals surface area contributed by atoms with Gasteiger partial charge in [-0.05, 0) is 12.8 Å². The molecule has 0 bridgehead atoms. The number of aryl methyl sites for hydroxylation is 1. The van der Waals surface area contributed by atoms with Crippen molar-refractivity contribution in [1.29, 1.82) is 0 Å². The standard InChI is InChI=1S/C11H16N2O3S/c1-7(4-11(15)16)3-9(14)12-6-10-13-5-8(2)17-10/h5,7H,3-4,6H2,1-2H3,(H,12,14)(H,15,16). The molecule has 0 aliphatic carbocycles. The van der Waals surface area contributed by atoms with E-state index in [-0.39, 0.29) is 24.7 Å². The van der Waals surface area contributed by atoms with Crippen molar-refractivity contribution in [3.05, 3.63) is 16.1 Å². The highest BCUT2D eigenvalue weighted by molar-refractivity contribution is 7.11. The van der Waals surface area contributed by atoms with Crippen LogP contribution in [0, 0.1) is 12.8 Å². The minimum atomic E-state index is -0.874. The molecule has 2 N–H and O–H groups in total. The fourth-order valence-corrected chi connectivity index (χ4v) is 2.14. The predicted molar refractivity (Wildman–Crippen MR) is 64.7 cm³/mol. The number of amides is 1. The number of carbonyl (C=O) groups is 2. The normalized spacial score (nSPS) is 12.1. The summed E-state index contributed by atoms with van der Waals surface area (Å²) in [4.78, 5) is 27.2. The molecule has 5 nitrogen and oxygen atoms in total. The SMILES string of the molecule is Cc1cnc(CNC(=O)CC(C)CC(=O)O)s1. The molecule has 0 saturated heterocycles. The zero-order valence-electron chi connectivity index (χ0n) is 9.90. The number of nitrogens with zero attached hydrogens (tertiary/aromatic N) is 1. The summed E-state index contributed by atoms with van der Waals surface area (Å²) in [6, 6.07) is 0. The molecule has 0 radical (unpaired) electrons. The Morgan fingerprint density at radius 3 is 2.76 bits per heavy atom. The van der Waals surface area contributed by atoms with Crippen LogP contribution < -0.4 is 5.32 Å². The van der Waals surface area contributed by atoms with Crippen LogP contribution in [-0.2, 0) is 16.1 Å². The van der Waals surface area contributed by atoms with Crippen molar-refractivity contribution < 1.29 is 14.7 Å².